The lowest BCUT2D eigenvalue weighted by molar-refractivity contribution is 0.300. The van der Waals surface area contributed by atoms with Crippen LogP contribution in [0.15, 0.2) is 11.4 Å². The third kappa shape index (κ3) is 4.72. The second-order valence-corrected chi connectivity index (χ2v) is 5.49. The Morgan fingerprint density at radius 1 is 1.53 bits per heavy atom. The van der Waals surface area contributed by atoms with Crippen molar-refractivity contribution in [2.24, 2.45) is 0 Å². The minimum absolute atomic E-state index is 0.0958. The zero-order chi connectivity index (χ0) is 11.1. The van der Waals surface area contributed by atoms with Crippen LogP contribution in [-0.2, 0) is 5.75 Å². The Hall–Kier alpha value is -0.470. The smallest absolute Gasteiger partial charge is 0.104 e. The zero-order valence-corrected chi connectivity index (χ0v) is 10.2. The standard InChI is InChI=1S/C11H14O2S2/c1-9(6-13)14-8-11-5-10(7-15-11)3-2-4-12/h5,7,9,12-13H,4,6,8H2,1H3. The summed E-state index contributed by atoms with van der Waals surface area (Å²) >= 11 is 3.40. The highest BCUT2D eigenvalue weighted by Gasteiger charge is 2.03. The van der Waals surface area contributed by atoms with E-state index in [1.165, 1.54) is 4.88 Å². The van der Waals surface area contributed by atoms with Gasteiger partial charge in [-0.25, -0.2) is 0 Å². The maximum Gasteiger partial charge on any atom is 0.104 e. The molecule has 0 aliphatic heterocycles. The fourth-order valence-corrected chi connectivity index (χ4v) is 2.65. The van der Waals surface area contributed by atoms with Gasteiger partial charge in [0.25, 0.3) is 0 Å². The summed E-state index contributed by atoms with van der Waals surface area (Å²) in [4.78, 5) is 1.25. The van der Waals surface area contributed by atoms with Gasteiger partial charge in [-0.05, 0) is 6.07 Å². The molecule has 1 heterocycles. The van der Waals surface area contributed by atoms with Crippen molar-refractivity contribution in [2.45, 2.75) is 17.9 Å². The van der Waals surface area contributed by atoms with Crippen molar-refractivity contribution in [3.63, 3.8) is 0 Å². The first-order chi connectivity index (χ1) is 7.26. The molecule has 0 radical (unpaired) electrons. The predicted molar refractivity (Wildman–Crippen MR) is 66.1 cm³/mol. The summed E-state index contributed by atoms with van der Waals surface area (Å²) in [6.45, 7) is 2.12. The number of hydrogen-bond donors (Lipinski definition) is 2. The molecule has 4 heteroatoms. The first kappa shape index (κ1) is 12.6. The molecule has 1 rings (SSSR count). The van der Waals surface area contributed by atoms with E-state index in [0.29, 0.717) is 0 Å². The van der Waals surface area contributed by atoms with E-state index in [2.05, 4.69) is 11.8 Å². The minimum Gasteiger partial charge on any atom is -0.395 e. The van der Waals surface area contributed by atoms with Gasteiger partial charge in [0.1, 0.15) is 6.61 Å². The molecule has 0 saturated carbocycles. The molecular formula is C11H14O2S2. The molecule has 2 N–H and O–H groups in total. The Morgan fingerprint density at radius 3 is 3.00 bits per heavy atom. The van der Waals surface area contributed by atoms with Crippen LogP contribution in [0, 0.1) is 11.8 Å². The number of thiophene rings is 1. The lowest BCUT2D eigenvalue weighted by Gasteiger charge is -2.04. The average molecular weight is 242 g/mol. The van der Waals surface area contributed by atoms with Crippen LogP contribution in [-0.4, -0.2) is 28.7 Å². The van der Waals surface area contributed by atoms with E-state index >= 15 is 0 Å². The van der Waals surface area contributed by atoms with Crippen molar-refractivity contribution in [3.8, 4) is 11.8 Å². The number of rotatable bonds is 4. The lowest BCUT2D eigenvalue weighted by atomic mass is 10.3. The molecule has 2 nitrogen and oxygen atoms in total. The van der Waals surface area contributed by atoms with Gasteiger partial charge in [-0.2, -0.15) is 11.8 Å². The summed E-state index contributed by atoms with van der Waals surface area (Å²) < 4.78 is 0. The molecule has 0 saturated heterocycles. The minimum atomic E-state index is -0.0958. The third-order valence-electron chi connectivity index (χ3n) is 1.73. The Kier molecular flexibility index (Phi) is 5.81. The highest BCUT2D eigenvalue weighted by Crippen LogP contribution is 2.22. The van der Waals surface area contributed by atoms with E-state index in [9.17, 15) is 0 Å². The van der Waals surface area contributed by atoms with Crippen LogP contribution < -0.4 is 0 Å². The van der Waals surface area contributed by atoms with Crippen molar-refractivity contribution in [1.82, 2.24) is 0 Å². The van der Waals surface area contributed by atoms with Crippen LogP contribution in [0.1, 0.15) is 17.4 Å². The third-order valence-corrected chi connectivity index (χ3v) is 4.05. The Balaban J connectivity index is 2.46. The zero-order valence-electron chi connectivity index (χ0n) is 8.56. The molecule has 0 amide bonds. The van der Waals surface area contributed by atoms with E-state index in [1.807, 2.05) is 18.4 Å². The van der Waals surface area contributed by atoms with Crippen LogP contribution in [0.4, 0.5) is 0 Å². The summed E-state index contributed by atoms with van der Waals surface area (Å²) in [6.07, 6.45) is 0. The highest BCUT2D eigenvalue weighted by atomic mass is 32.2. The summed E-state index contributed by atoms with van der Waals surface area (Å²) in [5.74, 6) is 6.40. The second kappa shape index (κ2) is 6.91. The Labute approximate surface area is 98.3 Å². The van der Waals surface area contributed by atoms with E-state index in [0.717, 1.165) is 11.3 Å². The molecule has 1 atom stereocenters. The maximum absolute atomic E-state index is 8.87. The van der Waals surface area contributed by atoms with Crippen LogP contribution in [0.5, 0.6) is 0 Å². The monoisotopic (exact) mass is 242 g/mol. The maximum atomic E-state index is 8.87. The van der Waals surface area contributed by atoms with Crippen LogP contribution in [0.25, 0.3) is 0 Å². The van der Waals surface area contributed by atoms with Crippen LogP contribution >= 0.6 is 23.1 Å². The molecule has 1 unspecified atom stereocenters. The summed E-state index contributed by atoms with van der Waals surface area (Å²) in [7, 11) is 0. The van der Waals surface area contributed by atoms with Gasteiger partial charge in [0.05, 0.1) is 6.61 Å². The molecule has 82 valence electrons. The van der Waals surface area contributed by atoms with Gasteiger partial charge in [0.15, 0.2) is 0 Å². The molecule has 1 aromatic rings. The number of hydrogen-bond acceptors (Lipinski definition) is 4. The summed E-state index contributed by atoms with van der Waals surface area (Å²) in [5, 5.41) is 19.7. The fourth-order valence-electron chi connectivity index (χ4n) is 0.941. The largest absolute Gasteiger partial charge is 0.395 e. The predicted octanol–water partition coefficient (Wildman–Crippen LogP) is 1.71. The lowest BCUT2D eigenvalue weighted by Crippen LogP contribution is -2.01. The van der Waals surface area contributed by atoms with Crippen molar-refractivity contribution >= 4 is 23.1 Å². The van der Waals surface area contributed by atoms with Gasteiger partial charge in [-0.15, -0.1) is 11.3 Å². The molecule has 0 aliphatic rings. The molecule has 0 fully saturated rings. The van der Waals surface area contributed by atoms with Crippen molar-refractivity contribution < 1.29 is 10.2 Å². The highest BCUT2D eigenvalue weighted by molar-refractivity contribution is 7.99. The molecule has 1 aromatic heterocycles. The molecule has 0 aliphatic carbocycles. The molecule has 0 aromatic carbocycles. The van der Waals surface area contributed by atoms with Gasteiger partial charge in [-0.3, -0.25) is 0 Å². The first-order valence-electron chi connectivity index (χ1n) is 4.66. The van der Waals surface area contributed by atoms with E-state index in [-0.39, 0.29) is 18.5 Å². The molecule has 0 bridgehead atoms. The first-order valence-corrected chi connectivity index (χ1v) is 6.58. The topological polar surface area (TPSA) is 40.5 Å². The van der Waals surface area contributed by atoms with Crippen molar-refractivity contribution in [1.29, 1.82) is 0 Å². The summed E-state index contributed by atoms with van der Waals surface area (Å²) in [5.41, 5.74) is 0.960. The second-order valence-electron chi connectivity index (χ2n) is 3.07. The van der Waals surface area contributed by atoms with Gasteiger partial charge < -0.3 is 10.2 Å². The number of aliphatic hydroxyl groups is 2. The Bertz CT molecular complexity index is 349. The molecular weight excluding hydrogens is 228 g/mol. The number of thioether (sulfide) groups is 1. The van der Waals surface area contributed by atoms with E-state index < -0.39 is 0 Å². The van der Waals surface area contributed by atoms with Gasteiger partial charge in [0.2, 0.25) is 0 Å². The van der Waals surface area contributed by atoms with Gasteiger partial charge >= 0.3 is 0 Å². The summed E-state index contributed by atoms with van der Waals surface area (Å²) in [6, 6.07) is 2.03. The molecule has 15 heavy (non-hydrogen) atoms. The van der Waals surface area contributed by atoms with Crippen molar-refractivity contribution in [2.75, 3.05) is 13.2 Å². The Morgan fingerprint density at radius 2 is 2.33 bits per heavy atom. The van der Waals surface area contributed by atoms with Crippen molar-refractivity contribution in [3.05, 3.63) is 21.9 Å². The number of aliphatic hydroxyl groups excluding tert-OH is 2. The molecule has 0 spiro atoms. The SMILES string of the molecule is CC(CO)SCc1cc(C#CCO)cs1. The van der Waals surface area contributed by atoms with E-state index in [4.69, 9.17) is 10.2 Å². The fraction of sp³-hybridized carbons (Fsp3) is 0.455. The normalized spacial score (nSPS) is 11.9. The average Bonchev–Trinajstić information content (AvgIpc) is 2.71. The van der Waals surface area contributed by atoms with E-state index in [1.54, 1.807) is 23.1 Å². The van der Waals surface area contributed by atoms with Crippen LogP contribution in [0.2, 0.25) is 0 Å². The van der Waals surface area contributed by atoms with Gasteiger partial charge in [-0.1, -0.05) is 18.8 Å². The van der Waals surface area contributed by atoms with Crippen LogP contribution in [0.3, 0.4) is 0 Å². The van der Waals surface area contributed by atoms with Gasteiger partial charge in [0, 0.05) is 26.8 Å². The quantitative estimate of drug-likeness (QED) is 0.790.